The van der Waals surface area contributed by atoms with E-state index in [1.165, 1.54) is 93.5 Å². The molecule has 0 aliphatic carbocycles. The fraction of sp³-hybridized carbons (Fsp3) is 0. The fourth-order valence-electron chi connectivity index (χ4n) is 8.77. The summed E-state index contributed by atoms with van der Waals surface area (Å²) in [5.41, 5.74) is 15.4. The molecule has 3 aliphatic rings. The molecule has 6 heteroatoms. The quantitative estimate of drug-likeness (QED) is 0.126. The fourth-order valence-corrected chi connectivity index (χ4v) is 26.2. The molecule has 0 bridgehead atoms. The topological polar surface area (TPSA) is 0 Å². The van der Waals surface area contributed by atoms with Gasteiger partial charge in [-0.1, -0.05) is 0 Å². The Labute approximate surface area is 475 Å². The van der Waals surface area contributed by atoms with Crippen LogP contribution in [-0.2, 0) is 0 Å². The van der Waals surface area contributed by atoms with Crippen LogP contribution in [0.4, 0.5) is 0 Å². The van der Waals surface area contributed by atoms with Crippen LogP contribution in [0.15, 0.2) is 309 Å². The minimum atomic E-state index is -1.27. The Balaban J connectivity index is 0.000000128. The number of benzene rings is 9. The Morgan fingerprint density at radius 2 is 0.333 bits per heavy atom. The zero-order valence-electron chi connectivity index (χ0n) is 40.8. The number of allylic oxidation sites excluding steroid dienone is 9. The van der Waals surface area contributed by atoms with Crippen LogP contribution in [0.25, 0.3) is 30.1 Å². The van der Waals surface area contributed by atoms with Gasteiger partial charge in [0.25, 0.3) is 0 Å². The predicted molar refractivity (Wildman–Crippen MR) is 342 cm³/mol. The molecule has 0 N–H and O–H groups in total. The van der Waals surface area contributed by atoms with Crippen LogP contribution in [0.1, 0.15) is 50.1 Å². The maximum atomic E-state index is 4.07. The predicted octanol–water partition coefficient (Wildman–Crippen LogP) is 17.7. The second-order valence-electron chi connectivity index (χ2n) is 17.5. The molecule has 0 aromatic heterocycles. The summed E-state index contributed by atoms with van der Waals surface area (Å²) in [6, 6.07) is 96.3. The molecule has 3 atom stereocenters. The Bertz CT molecular complexity index is 3290. The van der Waals surface area contributed by atoms with Crippen LogP contribution in [0.2, 0.25) is 0 Å². The van der Waals surface area contributed by atoms with Crippen LogP contribution in [0.5, 0.6) is 0 Å². The average Bonchev–Trinajstić information content (AvgIpc) is 3.50. The minimum absolute atomic E-state index is 1.26. The second kappa shape index (κ2) is 26.2. The first kappa shape index (κ1) is 52.5. The number of hydrogen-bond donors (Lipinski definition) is 0. The third kappa shape index (κ3) is 13.2. The van der Waals surface area contributed by atoms with Crippen LogP contribution >= 0.6 is 42.3 Å². The summed E-state index contributed by atoms with van der Waals surface area (Å²) in [5.74, 6) is 0. The number of halogens is 3. The first-order chi connectivity index (χ1) is 37.0. The van der Waals surface area contributed by atoms with Gasteiger partial charge in [-0.25, -0.2) is 0 Å². The molecule has 0 spiro atoms. The third-order valence-electron chi connectivity index (χ3n) is 12.5. The molecule has 0 radical (unpaired) electrons. The molecule has 0 nitrogen and oxygen atoms in total. The van der Waals surface area contributed by atoms with Gasteiger partial charge in [0.15, 0.2) is 0 Å². The molecule has 366 valence electrons. The summed E-state index contributed by atoms with van der Waals surface area (Å²) in [5, 5.41) is 0. The van der Waals surface area contributed by atoms with Gasteiger partial charge in [-0.3, -0.25) is 0 Å². The van der Waals surface area contributed by atoms with Crippen molar-refractivity contribution in [2.24, 2.45) is 0 Å². The molecule has 0 amide bonds. The van der Waals surface area contributed by atoms with E-state index in [4.69, 9.17) is 0 Å². The average molecular weight is 1360 g/mol. The summed E-state index contributed by atoms with van der Waals surface area (Å²) in [4.78, 5) is 0. The maximum absolute atomic E-state index is 4.07. The van der Waals surface area contributed by atoms with Gasteiger partial charge in [-0.05, 0) is 0 Å². The van der Waals surface area contributed by atoms with Gasteiger partial charge < -0.3 is 0 Å². The van der Waals surface area contributed by atoms with Gasteiger partial charge in [0, 0.05) is 0 Å². The first-order valence-electron chi connectivity index (χ1n) is 24.6. The van der Waals surface area contributed by atoms with Crippen molar-refractivity contribution in [3.05, 3.63) is 360 Å². The van der Waals surface area contributed by atoms with Crippen molar-refractivity contribution in [3.8, 4) is 0 Å². The van der Waals surface area contributed by atoms with E-state index in [2.05, 4.69) is 352 Å². The van der Waals surface area contributed by atoms with E-state index in [0.717, 1.165) is 0 Å². The van der Waals surface area contributed by atoms with Crippen molar-refractivity contribution >= 4 is 121 Å². The number of hydrogen-bond acceptors (Lipinski definition) is 0. The Morgan fingerprint density at radius 1 is 0.173 bits per heavy atom. The van der Waals surface area contributed by atoms with Gasteiger partial charge in [0.2, 0.25) is 0 Å². The molecule has 9 aromatic carbocycles. The Hall–Kier alpha value is -5.97. The van der Waals surface area contributed by atoms with Crippen LogP contribution in [-0.4, -0.2) is 48.2 Å². The van der Waals surface area contributed by atoms with Crippen molar-refractivity contribution in [2.45, 2.75) is 0 Å². The standard InChI is InChI=1S/3C23H17BrSe/c3*24-25-22(19-12-6-2-7-13-19)16-21(18-10-4-1-5-11-18)17-23(25)20-14-8-3-9-15-20/h3*1-17H. The summed E-state index contributed by atoms with van der Waals surface area (Å²) in [7, 11) is 0. The van der Waals surface area contributed by atoms with Gasteiger partial charge in [-0.2, -0.15) is 0 Å². The molecule has 0 fully saturated rings. The Kier molecular flexibility index (Phi) is 18.3. The zero-order chi connectivity index (χ0) is 51.2. The number of rotatable bonds is 9. The SMILES string of the molecule is Br[Se]1=C(c2ccccc2)C=C(c2ccccc2)C=C1c1ccccc1.Br[Se]1=C(c2ccccc2)C=C(c2ccccc2)C=C1c1ccccc1.Br[Se]1=C(c2ccccc2)C=C(c2ccccc2)C=C1c1ccccc1. The van der Waals surface area contributed by atoms with Gasteiger partial charge in [-0.15, -0.1) is 0 Å². The molecule has 3 unspecified atom stereocenters. The van der Waals surface area contributed by atoms with E-state index in [1.54, 1.807) is 0 Å². The van der Waals surface area contributed by atoms with Crippen LogP contribution in [0, 0.1) is 0 Å². The van der Waals surface area contributed by atoms with Crippen LogP contribution in [0.3, 0.4) is 0 Å². The molecule has 12 rings (SSSR count). The van der Waals surface area contributed by atoms with Crippen molar-refractivity contribution in [1.29, 1.82) is 0 Å². The van der Waals surface area contributed by atoms with E-state index >= 15 is 0 Å². The monoisotopic (exact) mass is 1360 g/mol. The summed E-state index contributed by atoms with van der Waals surface area (Å²) >= 11 is 8.41. The van der Waals surface area contributed by atoms with Gasteiger partial charge >= 0.3 is 480 Å². The molecule has 9 aromatic rings. The van der Waals surface area contributed by atoms with E-state index in [9.17, 15) is 0 Å². The first-order valence-corrected chi connectivity index (χ1v) is 41.8. The van der Waals surface area contributed by atoms with Gasteiger partial charge in [0.05, 0.1) is 0 Å². The molecular formula is C69H51Br3Se3. The van der Waals surface area contributed by atoms with E-state index in [0.29, 0.717) is 0 Å². The second-order valence-corrected chi connectivity index (χ2v) is 36.3. The van der Waals surface area contributed by atoms with Crippen molar-refractivity contribution in [1.82, 2.24) is 0 Å². The third-order valence-corrected chi connectivity index (χ3v) is 32.7. The van der Waals surface area contributed by atoms with Crippen LogP contribution < -0.4 is 0 Å². The zero-order valence-corrected chi connectivity index (χ0v) is 50.7. The molecular weight excluding hydrogens is 1310 g/mol. The van der Waals surface area contributed by atoms with Gasteiger partial charge in [0.1, 0.15) is 0 Å². The van der Waals surface area contributed by atoms with E-state index in [1.807, 2.05) is 0 Å². The molecule has 0 saturated heterocycles. The molecule has 0 saturated carbocycles. The molecule has 3 heterocycles. The Morgan fingerprint density at radius 3 is 0.520 bits per heavy atom. The van der Waals surface area contributed by atoms with Crippen molar-refractivity contribution in [2.75, 3.05) is 0 Å². The summed E-state index contributed by atoms with van der Waals surface area (Å²) in [6.07, 6.45) is 14.1. The van der Waals surface area contributed by atoms with Crippen molar-refractivity contribution in [3.63, 3.8) is 0 Å². The van der Waals surface area contributed by atoms with Crippen molar-refractivity contribution < 1.29 is 0 Å². The molecule has 75 heavy (non-hydrogen) atoms. The summed E-state index contributed by atoms with van der Waals surface area (Å²) in [6.45, 7) is 0. The van der Waals surface area contributed by atoms with E-state index < -0.39 is 35.0 Å². The normalized spacial score (nSPS) is 17.0. The molecule has 3 aliphatic heterocycles. The summed E-state index contributed by atoms with van der Waals surface area (Å²) < 4.78 is 8.50. The van der Waals surface area contributed by atoms with E-state index in [-0.39, 0.29) is 0 Å².